The molecule has 1 aliphatic rings. The van der Waals surface area contributed by atoms with E-state index in [2.05, 4.69) is 30.2 Å². The summed E-state index contributed by atoms with van der Waals surface area (Å²) in [7, 11) is 0. The molecule has 5 rings (SSSR count). The Bertz CT molecular complexity index is 1310. The molecule has 4 aromatic rings. The number of hydrogen-bond acceptors (Lipinski definition) is 6. The highest BCUT2D eigenvalue weighted by molar-refractivity contribution is 5.83. The average Bonchev–Trinajstić information content (AvgIpc) is 3.43. The van der Waals surface area contributed by atoms with Gasteiger partial charge in [0.15, 0.2) is 11.6 Å². The number of rotatable bonds is 5. The number of aromatic nitrogens is 5. The normalized spacial score (nSPS) is 13.9. The summed E-state index contributed by atoms with van der Waals surface area (Å²) in [6.45, 7) is 7.89. The molecule has 0 unspecified atom stereocenters. The maximum Gasteiger partial charge on any atom is 0.229 e. The molecule has 0 radical (unpaired) electrons. The predicted octanol–water partition coefficient (Wildman–Crippen LogP) is 5.40. The van der Waals surface area contributed by atoms with Crippen molar-refractivity contribution in [2.45, 2.75) is 39.7 Å². The number of nitrogens with zero attached hydrogens (tertiary/aromatic N) is 6. The van der Waals surface area contributed by atoms with Crippen molar-refractivity contribution in [3.05, 3.63) is 54.1 Å². The Hall–Kier alpha value is -3.62. The van der Waals surface area contributed by atoms with E-state index in [-0.39, 0.29) is 23.2 Å². The van der Waals surface area contributed by atoms with Crippen LogP contribution in [0.25, 0.3) is 22.3 Å². The minimum atomic E-state index is -0.635. The zero-order chi connectivity index (χ0) is 23.1. The molecular formula is C24H25F2N7. The van der Waals surface area contributed by atoms with E-state index in [1.807, 2.05) is 37.5 Å². The Kier molecular flexibility index (Phi) is 5.39. The molecule has 7 nitrogen and oxygen atoms in total. The first-order valence-corrected chi connectivity index (χ1v) is 11.1. The summed E-state index contributed by atoms with van der Waals surface area (Å²) >= 11 is 0. The zero-order valence-electron chi connectivity index (χ0n) is 18.8. The van der Waals surface area contributed by atoms with Gasteiger partial charge in [0.25, 0.3) is 0 Å². The Labute approximate surface area is 190 Å². The van der Waals surface area contributed by atoms with E-state index in [1.54, 1.807) is 12.3 Å². The molecule has 0 aliphatic carbocycles. The third kappa shape index (κ3) is 3.99. The van der Waals surface area contributed by atoms with Crippen LogP contribution in [0.5, 0.6) is 0 Å². The quantitative estimate of drug-likeness (QED) is 0.440. The predicted molar refractivity (Wildman–Crippen MR) is 125 cm³/mol. The molecular weight excluding hydrogens is 424 g/mol. The Morgan fingerprint density at radius 2 is 1.76 bits per heavy atom. The third-order valence-corrected chi connectivity index (χ3v) is 5.92. The van der Waals surface area contributed by atoms with Crippen molar-refractivity contribution in [3.63, 3.8) is 0 Å². The molecule has 1 fully saturated rings. The Morgan fingerprint density at radius 3 is 2.45 bits per heavy atom. The molecule has 4 heterocycles. The van der Waals surface area contributed by atoms with E-state index in [1.165, 1.54) is 18.9 Å². The van der Waals surface area contributed by atoms with Crippen LogP contribution in [0.1, 0.15) is 38.6 Å². The van der Waals surface area contributed by atoms with Gasteiger partial charge in [-0.2, -0.15) is 0 Å². The van der Waals surface area contributed by atoms with Crippen LogP contribution < -0.4 is 10.2 Å². The van der Waals surface area contributed by atoms with Crippen LogP contribution in [0.2, 0.25) is 0 Å². The number of pyridine rings is 1. The number of imidazole rings is 1. The largest absolute Gasteiger partial charge is 0.370 e. The van der Waals surface area contributed by atoms with E-state index < -0.39 is 11.6 Å². The lowest BCUT2D eigenvalue weighted by atomic mass is 10.1. The molecule has 0 atom stereocenters. The molecule has 0 saturated carbocycles. The fourth-order valence-corrected chi connectivity index (χ4v) is 4.42. The van der Waals surface area contributed by atoms with Crippen LogP contribution in [0.15, 0.2) is 36.7 Å². The minimum absolute atomic E-state index is 0.0103. The standard InChI is InChI=1S/C24H25F2N7/c1-14(2)33-15(3)29-23-18(25)10-16(11-20(23)33)22-19(26)13-28-24(31-22)30-21-7-6-17(12-27-21)32-8-4-5-9-32/h6-7,10-14H,4-5,8-9H2,1-3H3,(H,27,28,30,31). The van der Waals surface area contributed by atoms with Crippen molar-refractivity contribution in [2.75, 3.05) is 23.3 Å². The highest BCUT2D eigenvalue weighted by Gasteiger charge is 2.18. The van der Waals surface area contributed by atoms with Gasteiger partial charge in [0.1, 0.15) is 22.9 Å². The van der Waals surface area contributed by atoms with E-state index >= 15 is 0 Å². The molecule has 3 aromatic heterocycles. The summed E-state index contributed by atoms with van der Waals surface area (Å²) < 4.78 is 31.5. The summed E-state index contributed by atoms with van der Waals surface area (Å²) in [5, 5.41) is 3.01. The maximum absolute atomic E-state index is 14.9. The maximum atomic E-state index is 14.9. The summed E-state index contributed by atoms with van der Waals surface area (Å²) in [4.78, 5) is 19.4. The fraction of sp³-hybridized carbons (Fsp3) is 0.333. The molecule has 1 N–H and O–H groups in total. The van der Waals surface area contributed by atoms with Gasteiger partial charge in [-0.25, -0.2) is 28.7 Å². The van der Waals surface area contributed by atoms with E-state index in [0.717, 1.165) is 25.0 Å². The minimum Gasteiger partial charge on any atom is -0.370 e. The number of halogens is 2. The Morgan fingerprint density at radius 1 is 0.970 bits per heavy atom. The summed E-state index contributed by atoms with van der Waals surface area (Å²) in [5.74, 6) is 0.276. The molecule has 9 heteroatoms. The van der Waals surface area contributed by atoms with Gasteiger partial charge in [-0.1, -0.05) is 0 Å². The van der Waals surface area contributed by atoms with E-state index in [9.17, 15) is 8.78 Å². The smallest absolute Gasteiger partial charge is 0.229 e. The Balaban J connectivity index is 1.47. The molecule has 1 aliphatic heterocycles. The van der Waals surface area contributed by atoms with Gasteiger partial charge in [-0.05, 0) is 57.9 Å². The van der Waals surface area contributed by atoms with Crippen molar-refractivity contribution in [2.24, 2.45) is 0 Å². The van der Waals surface area contributed by atoms with Crippen LogP contribution in [0.3, 0.4) is 0 Å². The number of hydrogen-bond donors (Lipinski definition) is 1. The number of aryl methyl sites for hydroxylation is 1. The van der Waals surface area contributed by atoms with E-state index in [4.69, 9.17) is 0 Å². The van der Waals surface area contributed by atoms with Crippen LogP contribution in [-0.4, -0.2) is 37.6 Å². The van der Waals surface area contributed by atoms with Crippen molar-refractivity contribution in [3.8, 4) is 11.3 Å². The topological polar surface area (TPSA) is 71.8 Å². The second kappa shape index (κ2) is 8.38. The lowest BCUT2D eigenvalue weighted by Crippen LogP contribution is -2.17. The van der Waals surface area contributed by atoms with Gasteiger partial charge in [-0.3, -0.25) is 0 Å². The van der Waals surface area contributed by atoms with Gasteiger partial charge < -0.3 is 14.8 Å². The van der Waals surface area contributed by atoms with Gasteiger partial charge in [0.2, 0.25) is 5.95 Å². The fourth-order valence-electron chi connectivity index (χ4n) is 4.42. The van der Waals surface area contributed by atoms with Crippen LogP contribution >= 0.6 is 0 Å². The van der Waals surface area contributed by atoms with Gasteiger partial charge >= 0.3 is 0 Å². The highest BCUT2D eigenvalue weighted by atomic mass is 19.1. The van der Waals surface area contributed by atoms with Crippen molar-refractivity contribution in [1.29, 1.82) is 0 Å². The SMILES string of the molecule is Cc1nc2c(F)cc(-c3nc(Nc4ccc(N5CCCC5)cn4)ncc3F)cc2n1C(C)C. The second-order valence-electron chi connectivity index (χ2n) is 8.56. The van der Waals surface area contributed by atoms with Gasteiger partial charge in [-0.15, -0.1) is 0 Å². The first-order chi connectivity index (χ1) is 15.9. The number of fused-ring (bicyclic) bond motifs is 1. The van der Waals surface area contributed by atoms with Gasteiger partial charge in [0.05, 0.1) is 23.6 Å². The molecule has 1 saturated heterocycles. The van der Waals surface area contributed by atoms with Crippen molar-refractivity contribution in [1.82, 2.24) is 24.5 Å². The zero-order valence-corrected chi connectivity index (χ0v) is 18.8. The number of anilines is 3. The van der Waals surface area contributed by atoms with Crippen LogP contribution in [-0.2, 0) is 0 Å². The second-order valence-corrected chi connectivity index (χ2v) is 8.56. The van der Waals surface area contributed by atoms with E-state index in [0.29, 0.717) is 22.7 Å². The summed E-state index contributed by atoms with van der Waals surface area (Å²) in [6.07, 6.45) is 5.26. The highest BCUT2D eigenvalue weighted by Crippen LogP contribution is 2.30. The monoisotopic (exact) mass is 449 g/mol. The van der Waals surface area contributed by atoms with Crippen molar-refractivity contribution >= 4 is 28.5 Å². The first kappa shape index (κ1) is 21.2. The molecule has 33 heavy (non-hydrogen) atoms. The number of nitrogens with one attached hydrogen (secondary N) is 1. The lowest BCUT2D eigenvalue weighted by Gasteiger charge is -2.17. The van der Waals surface area contributed by atoms with Crippen LogP contribution in [0.4, 0.5) is 26.2 Å². The van der Waals surface area contributed by atoms with Gasteiger partial charge in [0, 0.05) is 24.7 Å². The average molecular weight is 450 g/mol. The summed E-state index contributed by atoms with van der Waals surface area (Å²) in [5.41, 5.74) is 2.27. The molecule has 0 spiro atoms. The third-order valence-electron chi connectivity index (χ3n) is 5.92. The molecule has 1 aromatic carbocycles. The van der Waals surface area contributed by atoms with Crippen molar-refractivity contribution < 1.29 is 8.78 Å². The molecule has 170 valence electrons. The lowest BCUT2D eigenvalue weighted by molar-refractivity contribution is 0.600. The first-order valence-electron chi connectivity index (χ1n) is 11.1. The van der Waals surface area contributed by atoms with Crippen LogP contribution in [0, 0.1) is 18.6 Å². The molecule has 0 amide bonds. The molecule has 0 bridgehead atoms. The number of benzene rings is 1. The summed E-state index contributed by atoms with van der Waals surface area (Å²) in [6, 6.07) is 6.89.